The van der Waals surface area contributed by atoms with Crippen LogP contribution in [0.25, 0.3) is 21.3 Å². The molecule has 3 heterocycles. The Hall–Kier alpha value is -2.74. The van der Waals surface area contributed by atoms with Crippen LogP contribution in [0.2, 0.25) is 5.02 Å². The molecule has 1 atom stereocenters. The summed E-state index contributed by atoms with van der Waals surface area (Å²) in [6.07, 6.45) is 4.21. The number of aliphatic hydroxyl groups excluding tert-OH is 1. The molecule has 3 aromatic heterocycles. The lowest BCUT2D eigenvalue weighted by Gasteiger charge is -2.11. The molecule has 4 aromatic rings. The third-order valence-corrected chi connectivity index (χ3v) is 5.31. The average Bonchev–Trinajstić information content (AvgIpc) is 3.31. The number of nitrogens with zero attached hydrogens (tertiary/aromatic N) is 3. The van der Waals surface area contributed by atoms with E-state index in [-0.39, 0.29) is 5.95 Å². The molecule has 4 N–H and O–H groups in total. The van der Waals surface area contributed by atoms with Gasteiger partial charge < -0.3 is 15.8 Å². The highest BCUT2D eigenvalue weighted by Gasteiger charge is 2.22. The minimum absolute atomic E-state index is 0.204. The Morgan fingerprint density at radius 3 is 2.62 bits per heavy atom. The van der Waals surface area contributed by atoms with E-state index in [0.29, 0.717) is 16.5 Å². The average molecular weight is 384 g/mol. The molecule has 0 bridgehead atoms. The molecule has 0 spiro atoms. The standard InChI is InChI=1S/C18H14ClN5OS/c19-11-3-1-10(2-4-11)15(25)12-9-14(13-5-6-23-18(20)24-13)26-16(12)17-21-7-8-22-17/h1-9,15,25H,(H,21,22)(H2,20,23,24). The van der Waals surface area contributed by atoms with Crippen LogP contribution in [0.1, 0.15) is 17.2 Å². The van der Waals surface area contributed by atoms with Crippen molar-refractivity contribution in [1.82, 2.24) is 19.9 Å². The van der Waals surface area contributed by atoms with E-state index in [0.717, 1.165) is 20.9 Å². The van der Waals surface area contributed by atoms with Gasteiger partial charge in [-0.15, -0.1) is 11.3 Å². The fourth-order valence-corrected chi connectivity index (χ4v) is 3.89. The second-order valence-corrected chi connectivity index (χ2v) is 7.08. The van der Waals surface area contributed by atoms with Crippen LogP contribution in [0.4, 0.5) is 5.95 Å². The lowest BCUT2D eigenvalue weighted by Crippen LogP contribution is -2.00. The van der Waals surface area contributed by atoms with Crippen LogP contribution in [-0.4, -0.2) is 25.0 Å². The summed E-state index contributed by atoms with van der Waals surface area (Å²) in [6, 6.07) is 10.8. The van der Waals surface area contributed by atoms with Gasteiger partial charge in [0.25, 0.3) is 0 Å². The molecule has 0 saturated carbocycles. The van der Waals surface area contributed by atoms with E-state index in [1.54, 1.807) is 48.9 Å². The van der Waals surface area contributed by atoms with Crippen molar-refractivity contribution >= 4 is 28.9 Å². The summed E-state index contributed by atoms with van der Waals surface area (Å²) in [4.78, 5) is 17.3. The molecule has 0 aliphatic carbocycles. The summed E-state index contributed by atoms with van der Waals surface area (Å²) in [5.41, 5.74) is 7.88. The van der Waals surface area contributed by atoms with Crippen molar-refractivity contribution in [3.63, 3.8) is 0 Å². The first-order valence-corrected chi connectivity index (χ1v) is 8.97. The molecule has 0 saturated heterocycles. The zero-order chi connectivity index (χ0) is 18.1. The van der Waals surface area contributed by atoms with E-state index in [2.05, 4.69) is 19.9 Å². The molecule has 1 aromatic carbocycles. The first-order valence-electron chi connectivity index (χ1n) is 7.78. The topological polar surface area (TPSA) is 101 Å². The largest absolute Gasteiger partial charge is 0.384 e. The third-order valence-electron chi connectivity index (χ3n) is 3.88. The zero-order valence-corrected chi connectivity index (χ0v) is 15.0. The fraction of sp³-hybridized carbons (Fsp3) is 0.0556. The molecule has 6 nitrogen and oxygen atoms in total. The Balaban J connectivity index is 1.83. The Labute approximate surface area is 158 Å². The Morgan fingerprint density at radius 2 is 1.92 bits per heavy atom. The number of aromatic amines is 1. The summed E-state index contributed by atoms with van der Waals surface area (Å²) in [7, 11) is 0. The fourth-order valence-electron chi connectivity index (χ4n) is 2.64. The number of nitrogens with two attached hydrogens (primary N) is 1. The van der Waals surface area contributed by atoms with Crippen LogP contribution in [0, 0.1) is 0 Å². The van der Waals surface area contributed by atoms with Gasteiger partial charge in [0.05, 0.1) is 15.4 Å². The van der Waals surface area contributed by atoms with E-state index >= 15 is 0 Å². The maximum atomic E-state index is 10.9. The summed E-state index contributed by atoms with van der Waals surface area (Å²) in [5, 5.41) is 11.6. The molecule has 4 rings (SSSR count). The number of benzene rings is 1. The summed E-state index contributed by atoms with van der Waals surface area (Å²) in [5.74, 6) is 0.890. The monoisotopic (exact) mass is 383 g/mol. The number of aromatic nitrogens is 4. The van der Waals surface area contributed by atoms with Gasteiger partial charge >= 0.3 is 0 Å². The summed E-state index contributed by atoms with van der Waals surface area (Å²) >= 11 is 7.43. The number of aliphatic hydroxyl groups is 1. The van der Waals surface area contributed by atoms with Gasteiger partial charge in [0.1, 0.15) is 11.9 Å². The maximum absolute atomic E-state index is 10.9. The van der Waals surface area contributed by atoms with E-state index < -0.39 is 6.10 Å². The van der Waals surface area contributed by atoms with E-state index in [1.807, 2.05) is 6.07 Å². The number of nitrogen functional groups attached to an aromatic ring is 1. The number of imidazole rings is 1. The van der Waals surface area contributed by atoms with Gasteiger partial charge in [-0.3, -0.25) is 0 Å². The van der Waals surface area contributed by atoms with E-state index in [4.69, 9.17) is 17.3 Å². The van der Waals surface area contributed by atoms with Gasteiger partial charge in [0, 0.05) is 29.2 Å². The number of hydrogen-bond acceptors (Lipinski definition) is 6. The minimum Gasteiger partial charge on any atom is -0.384 e. The van der Waals surface area contributed by atoms with Crippen molar-refractivity contribution in [2.24, 2.45) is 0 Å². The van der Waals surface area contributed by atoms with Crippen LogP contribution in [0.15, 0.2) is 55.0 Å². The molecule has 0 radical (unpaired) electrons. The molecule has 0 aliphatic rings. The molecule has 130 valence electrons. The zero-order valence-electron chi connectivity index (χ0n) is 13.4. The molecule has 8 heteroatoms. The van der Waals surface area contributed by atoms with Crippen LogP contribution in [-0.2, 0) is 0 Å². The minimum atomic E-state index is -0.823. The van der Waals surface area contributed by atoms with Crippen molar-refractivity contribution < 1.29 is 5.11 Å². The highest BCUT2D eigenvalue weighted by Crippen LogP contribution is 2.41. The van der Waals surface area contributed by atoms with Crippen LogP contribution >= 0.6 is 22.9 Å². The summed E-state index contributed by atoms with van der Waals surface area (Å²) < 4.78 is 0. The Bertz CT molecular complexity index is 1030. The second-order valence-electron chi connectivity index (χ2n) is 5.59. The predicted molar refractivity (Wildman–Crippen MR) is 103 cm³/mol. The first kappa shape index (κ1) is 16.7. The molecule has 0 aliphatic heterocycles. The molecular weight excluding hydrogens is 370 g/mol. The van der Waals surface area contributed by atoms with Gasteiger partial charge in [-0.2, -0.15) is 0 Å². The lowest BCUT2D eigenvalue weighted by atomic mass is 10.0. The van der Waals surface area contributed by atoms with Crippen molar-refractivity contribution in [2.45, 2.75) is 6.10 Å². The van der Waals surface area contributed by atoms with Crippen molar-refractivity contribution in [1.29, 1.82) is 0 Å². The lowest BCUT2D eigenvalue weighted by molar-refractivity contribution is 0.221. The van der Waals surface area contributed by atoms with Crippen molar-refractivity contribution in [3.8, 4) is 21.3 Å². The second kappa shape index (κ2) is 6.87. The quantitative estimate of drug-likeness (QED) is 0.496. The summed E-state index contributed by atoms with van der Waals surface area (Å²) in [6.45, 7) is 0. The number of halogens is 1. The molecular formula is C18H14ClN5OS. The maximum Gasteiger partial charge on any atom is 0.220 e. The van der Waals surface area contributed by atoms with Gasteiger partial charge in [-0.25, -0.2) is 15.0 Å². The van der Waals surface area contributed by atoms with Crippen LogP contribution in [0.3, 0.4) is 0 Å². The van der Waals surface area contributed by atoms with Gasteiger partial charge in [-0.1, -0.05) is 23.7 Å². The van der Waals surface area contributed by atoms with Crippen LogP contribution < -0.4 is 5.73 Å². The number of rotatable bonds is 4. The SMILES string of the molecule is Nc1nccc(-c2cc(C(O)c3ccc(Cl)cc3)c(-c3ncc[nH]3)s2)n1. The number of nitrogens with one attached hydrogen (secondary N) is 1. The van der Waals surface area contributed by atoms with E-state index in [1.165, 1.54) is 11.3 Å². The number of hydrogen-bond donors (Lipinski definition) is 3. The molecule has 0 amide bonds. The number of thiophene rings is 1. The Kier molecular flexibility index (Phi) is 4.42. The molecule has 0 fully saturated rings. The number of H-pyrrole nitrogens is 1. The van der Waals surface area contributed by atoms with Crippen molar-refractivity contribution in [2.75, 3.05) is 5.73 Å². The van der Waals surface area contributed by atoms with Crippen molar-refractivity contribution in [3.05, 3.63) is 71.1 Å². The smallest absolute Gasteiger partial charge is 0.220 e. The van der Waals surface area contributed by atoms with Gasteiger partial charge in [0.2, 0.25) is 5.95 Å². The van der Waals surface area contributed by atoms with Crippen LogP contribution in [0.5, 0.6) is 0 Å². The number of anilines is 1. The highest BCUT2D eigenvalue weighted by molar-refractivity contribution is 7.19. The molecule has 26 heavy (non-hydrogen) atoms. The first-order chi connectivity index (χ1) is 12.6. The predicted octanol–water partition coefficient (Wildman–Crippen LogP) is 3.91. The van der Waals surface area contributed by atoms with E-state index in [9.17, 15) is 5.11 Å². The normalized spacial score (nSPS) is 12.2. The third kappa shape index (κ3) is 3.20. The highest BCUT2D eigenvalue weighted by atomic mass is 35.5. The van der Waals surface area contributed by atoms with Gasteiger partial charge in [-0.05, 0) is 29.8 Å². The Morgan fingerprint density at radius 1 is 1.12 bits per heavy atom. The van der Waals surface area contributed by atoms with Gasteiger partial charge in [0.15, 0.2) is 0 Å². The molecule has 1 unspecified atom stereocenters.